The number of hydrogen-bond acceptors (Lipinski definition) is 6. The molecular weight excluding hydrogens is 396 g/mol. The van der Waals surface area contributed by atoms with Gasteiger partial charge in [-0.1, -0.05) is 0 Å². The normalized spacial score (nSPS) is 18.6. The van der Waals surface area contributed by atoms with E-state index in [0.29, 0.717) is 23.3 Å². The Morgan fingerprint density at radius 3 is 2.06 bits per heavy atom. The maximum Gasteiger partial charge on any atom is 0.238 e. The van der Waals surface area contributed by atoms with Gasteiger partial charge >= 0.3 is 0 Å². The molecule has 2 N–H and O–H groups in total. The molecule has 1 aromatic heterocycles. The van der Waals surface area contributed by atoms with Crippen LogP contribution in [-0.4, -0.2) is 21.4 Å². The largest absolute Gasteiger partial charge is 0.508 e. The van der Waals surface area contributed by atoms with Crippen molar-refractivity contribution in [1.82, 2.24) is 0 Å². The lowest BCUT2D eigenvalue weighted by Crippen LogP contribution is -2.37. The summed E-state index contributed by atoms with van der Waals surface area (Å²) in [6, 6.07) is 6.17. The first kappa shape index (κ1) is 19.8. The minimum absolute atomic E-state index is 0.0690. The maximum absolute atomic E-state index is 13.4. The summed E-state index contributed by atoms with van der Waals surface area (Å²) >= 11 is 0. The fourth-order valence-electron chi connectivity index (χ4n) is 4.49. The van der Waals surface area contributed by atoms with Crippen LogP contribution in [0, 0.1) is 0 Å². The van der Waals surface area contributed by atoms with E-state index in [4.69, 9.17) is 13.9 Å². The van der Waals surface area contributed by atoms with Gasteiger partial charge in [0, 0.05) is 16.7 Å². The van der Waals surface area contributed by atoms with Gasteiger partial charge in [0.15, 0.2) is 5.76 Å². The van der Waals surface area contributed by atoms with Crippen LogP contribution < -0.4 is 14.9 Å². The first-order valence-electron chi connectivity index (χ1n) is 10.6. The summed E-state index contributed by atoms with van der Waals surface area (Å²) in [4.78, 5) is 13.4. The summed E-state index contributed by atoms with van der Waals surface area (Å²) in [5.41, 5.74) is 1.30. The molecule has 6 heteroatoms. The summed E-state index contributed by atoms with van der Waals surface area (Å²) in [5.74, 6) is 0.872. The molecule has 0 aliphatic carbocycles. The molecule has 0 amide bonds. The molecule has 162 valence electrons. The lowest BCUT2D eigenvalue weighted by molar-refractivity contribution is 0.0681. The SMILES string of the molecule is CC1(C)CCc2c(c3c(c4c(=O)c(O)c(-c5ccc(O)cc5)oc24)OC(C)(C)CC3)O1. The second-order valence-electron chi connectivity index (χ2n) is 9.70. The van der Waals surface area contributed by atoms with E-state index < -0.39 is 16.8 Å². The topological polar surface area (TPSA) is 89.1 Å². The van der Waals surface area contributed by atoms with Crippen molar-refractivity contribution < 1.29 is 24.1 Å². The van der Waals surface area contributed by atoms with E-state index in [1.165, 1.54) is 12.1 Å². The minimum atomic E-state index is -0.522. The Labute approximate surface area is 180 Å². The van der Waals surface area contributed by atoms with Crippen LogP contribution in [0.2, 0.25) is 0 Å². The fraction of sp³-hybridized carbons (Fsp3) is 0.400. The Balaban J connectivity index is 1.87. The van der Waals surface area contributed by atoms with Gasteiger partial charge in [0.05, 0.1) is 0 Å². The predicted octanol–water partition coefficient (Wildman–Crippen LogP) is 5.08. The van der Waals surface area contributed by atoms with E-state index in [-0.39, 0.29) is 22.5 Å². The van der Waals surface area contributed by atoms with Crippen molar-refractivity contribution in [3.05, 3.63) is 45.6 Å². The van der Waals surface area contributed by atoms with E-state index in [0.717, 1.165) is 36.1 Å². The van der Waals surface area contributed by atoms with Crippen molar-refractivity contribution >= 4 is 11.0 Å². The number of hydrogen-bond donors (Lipinski definition) is 2. The molecule has 0 atom stereocenters. The molecule has 0 saturated carbocycles. The first-order valence-corrected chi connectivity index (χ1v) is 10.6. The number of fused-ring (bicyclic) bond motifs is 6. The molecule has 3 heterocycles. The molecule has 31 heavy (non-hydrogen) atoms. The Morgan fingerprint density at radius 1 is 0.839 bits per heavy atom. The van der Waals surface area contributed by atoms with Crippen LogP contribution in [0.15, 0.2) is 33.5 Å². The van der Waals surface area contributed by atoms with E-state index >= 15 is 0 Å². The van der Waals surface area contributed by atoms with Gasteiger partial charge in [0.2, 0.25) is 11.2 Å². The van der Waals surface area contributed by atoms with Gasteiger partial charge in [-0.15, -0.1) is 0 Å². The quantitative estimate of drug-likeness (QED) is 0.569. The summed E-state index contributed by atoms with van der Waals surface area (Å²) in [6.45, 7) is 8.07. The molecule has 0 fully saturated rings. The summed E-state index contributed by atoms with van der Waals surface area (Å²) in [7, 11) is 0. The Kier molecular flexibility index (Phi) is 4.10. The van der Waals surface area contributed by atoms with Gasteiger partial charge in [-0.05, 0) is 77.6 Å². The number of aryl methyl sites for hydroxylation is 1. The van der Waals surface area contributed by atoms with Crippen LogP contribution in [0.1, 0.15) is 51.7 Å². The number of rotatable bonds is 1. The molecule has 5 rings (SSSR count). The minimum Gasteiger partial charge on any atom is -0.508 e. The zero-order valence-electron chi connectivity index (χ0n) is 18.2. The van der Waals surface area contributed by atoms with Crippen molar-refractivity contribution in [3.63, 3.8) is 0 Å². The zero-order chi connectivity index (χ0) is 22.1. The molecule has 2 aliphatic rings. The van der Waals surface area contributed by atoms with Crippen molar-refractivity contribution in [1.29, 1.82) is 0 Å². The van der Waals surface area contributed by atoms with Crippen LogP contribution in [0.4, 0.5) is 0 Å². The molecule has 0 saturated heterocycles. The summed E-state index contributed by atoms with van der Waals surface area (Å²) in [6.07, 6.45) is 2.98. The monoisotopic (exact) mass is 422 g/mol. The molecule has 0 spiro atoms. The van der Waals surface area contributed by atoms with Crippen LogP contribution in [0.5, 0.6) is 23.0 Å². The number of phenols is 1. The molecule has 0 radical (unpaired) electrons. The van der Waals surface area contributed by atoms with Crippen LogP contribution >= 0.6 is 0 Å². The van der Waals surface area contributed by atoms with Gasteiger partial charge in [-0.3, -0.25) is 4.79 Å². The van der Waals surface area contributed by atoms with Gasteiger partial charge < -0.3 is 24.1 Å². The second-order valence-corrected chi connectivity index (χ2v) is 9.70. The standard InChI is InChI=1S/C25H26O6/c1-24(2)11-9-15-21(30-24)16-10-12-25(3,4)31-23(16)17-18(27)19(28)20(29-22(15)17)13-5-7-14(26)8-6-13/h5-8,26,28H,9-12H2,1-4H3. The van der Waals surface area contributed by atoms with Gasteiger partial charge in [0.1, 0.15) is 39.4 Å². The molecule has 2 aromatic carbocycles. The van der Waals surface area contributed by atoms with Gasteiger partial charge in [-0.25, -0.2) is 0 Å². The average molecular weight is 422 g/mol. The fourth-order valence-corrected chi connectivity index (χ4v) is 4.49. The second kappa shape index (κ2) is 6.42. The van der Waals surface area contributed by atoms with E-state index in [1.807, 2.05) is 13.8 Å². The third kappa shape index (κ3) is 3.12. The Bertz CT molecular complexity index is 1260. The van der Waals surface area contributed by atoms with Gasteiger partial charge in [0.25, 0.3) is 0 Å². The van der Waals surface area contributed by atoms with Crippen molar-refractivity contribution in [3.8, 4) is 34.3 Å². The molecule has 3 aromatic rings. The molecule has 6 nitrogen and oxygen atoms in total. The number of ether oxygens (including phenoxy) is 2. The number of aromatic hydroxyl groups is 2. The highest BCUT2D eigenvalue weighted by atomic mass is 16.5. The van der Waals surface area contributed by atoms with Crippen LogP contribution in [-0.2, 0) is 12.8 Å². The van der Waals surface area contributed by atoms with Crippen LogP contribution in [0.3, 0.4) is 0 Å². The van der Waals surface area contributed by atoms with Crippen molar-refractivity contribution in [2.75, 3.05) is 0 Å². The molecule has 0 bridgehead atoms. The van der Waals surface area contributed by atoms with E-state index in [9.17, 15) is 15.0 Å². The smallest absolute Gasteiger partial charge is 0.238 e. The molecule has 2 aliphatic heterocycles. The molecule has 0 unspecified atom stereocenters. The zero-order valence-corrected chi connectivity index (χ0v) is 18.2. The van der Waals surface area contributed by atoms with E-state index in [1.54, 1.807) is 12.1 Å². The highest BCUT2D eigenvalue weighted by molar-refractivity contribution is 5.93. The Hall–Kier alpha value is -3.15. The third-order valence-electron chi connectivity index (χ3n) is 6.25. The summed E-state index contributed by atoms with van der Waals surface area (Å²) < 4.78 is 18.9. The Morgan fingerprint density at radius 2 is 1.42 bits per heavy atom. The highest BCUT2D eigenvalue weighted by Crippen LogP contribution is 2.50. The lowest BCUT2D eigenvalue weighted by Gasteiger charge is -2.39. The highest BCUT2D eigenvalue weighted by Gasteiger charge is 2.39. The number of benzene rings is 2. The van der Waals surface area contributed by atoms with Gasteiger partial charge in [-0.2, -0.15) is 0 Å². The van der Waals surface area contributed by atoms with Crippen LogP contribution in [0.25, 0.3) is 22.3 Å². The first-order chi connectivity index (χ1) is 14.6. The molecular formula is C25H26O6. The predicted molar refractivity (Wildman–Crippen MR) is 117 cm³/mol. The van der Waals surface area contributed by atoms with E-state index in [2.05, 4.69) is 13.8 Å². The lowest BCUT2D eigenvalue weighted by atomic mass is 9.86. The van der Waals surface area contributed by atoms with Crippen molar-refractivity contribution in [2.45, 2.75) is 64.6 Å². The maximum atomic E-state index is 13.4. The number of phenolic OH excluding ortho intramolecular Hbond substituents is 1. The summed E-state index contributed by atoms with van der Waals surface area (Å²) in [5, 5.41) is 20.6. The van der Waals surface area contributed by atoms with Crippen molar-refractivity contribution in [2.24, 2.45) is 0 Å². The average Bonchev–Trinajstić information content (AvgIpc) is 2.69. The third-order valence-corrected chi connectivity index (χ3v) is 6.25.